The zero-order chi connectivity index (χ0) is 32.4. The standard InChI is InChI=1S/C34H43N3O7S/c1-5-44-29-18-16-28(17-19-29)37(45(40,41)30-20-21-31(42-3)32(22-30)43-4)24-33(38)36(23-26-12-8-6-9-13-26)25(2)34(39)35-27-14-10-7-11-15-27/h6,8-9,12-13,16-22,25,27H,5,7,10-11,14-15,23-24H2,1-4H3,(H,35,39)/t25-/m1/s1. The summed E-state index contributed by atoms with van der Waals surface area (Å²) in [5.41, 5.74) is 1.08. The summed E-state index contributed by atoms with van der Waals surface area (Å²) in [6.07, 6.45) is 5.06. The molecule has 4 rings (SSSR count). The first-order valence-corrected chi connectivity index (χ1v) is 16.7. The maximum Gasteiger partial charge on any atom is 0.264 e. The van der Waals surface area contributed by atoms with Crippen LogP contribution >= 0.6 is 0 Å². The minimum Gasteiger partial charge on any atom is -0.494 e. The van der Waals surface area contributed by atoms with Gasteiger partial charge in [0.15, 0.2) is 11.5 Å². The number of hydrogen-bond donors (Lipinski definition) is 1. The van der Waals surface area contributed by atoms with E-state index in [-0.39, 0.29) is 34.8 Å². The summed E-state index contributed by atoms with van der Waals surface area (Å²) in [6.45, 7) is 3.57. The molecule has 0 radical (unpaired) electrons. The molecule has 0 aromatic heterocycles. The quantitative estimate of drug-likeness (QED) is 0.260. The van der Waals surface area contributed by atoms with Crippen LogP contribution in [0, 0.1) is 0 Å². The number of methoxy groups -OCH3 is 2. The number of amides is 2. The highest BCUT2D eigenvalue weighted by Crippen LogP contribution is 2.33. The molecule has 0 spiro atoms. The molecule has 0 heterocycles. The molecule has 3 aromatic carbocycles. The van der Waals surface area contributed by atoms with Crippen LogP contribution in [0.5, 0.6) is 17.2 Å². The molecule has 1 fully saturated rings. The van der Waals surface area contributed by atoms with E-state index in [4.69, 9.17) is 14.2 Å². The molecule has 11 heteroatoms. The third-order valence-corrected chi connectivity index (χ3v) is 9.74. The van der Waals surface area contributed by atoms with Crippen molar-refractivity contribution in [3.8, 4) is 17.2 Å². The Labute approximate surface area is 266 Å². The molecule has 242 valence electrons. The average molecular weight is 638 g/mol. The molecule has 1 saturated carbocycles. The second kappa shape index (κ2) is 15.7. The van der Waals surface area contributed by atoms with E-state index in [1.165, 1.54) is 37.3 Å². The minimum absolute atomic E-state index is 0.0631. The van der Waals surface area contributed by atoms with E-state index in [1.807, 2.05) is 37.3 Å². The third kappa shape index (κ3) is 8.48. The highest BCUT2D eigenvalue weighted by Gasteiger charge is 2.33. The van der Waals surface area contributed by atoms with Crippen LogP contribution in [0.15, 0.2) is 77.7 Å². The Morgan fingerprint density at radius 1 is 0.911 bits per heavy atom. The number of hydrogen-bond acceptors (Lipinski definition) is 7. The molecule has 1 atom stereocenters. The van der Waals surface area contributed by atoms with Crippen LogP contribution in [0.3, 0.4) is 0 Å². The van der Waals surface area contributed by atoms with Gasteiger partial charge in [0.25, 0.3) is 10.0 Å². The molecule has 45 heavy (non-hydrogen) atoms. The van der Waals surface area contributed by atoms with Crippen molar-refractivity contribution in [1.82, 2.24) is 10.2 Å². The van der Waals surface area contributed by atoms with Crippen molar-refractivity contribution in [2.75, 3.05) is 31.7 Å². The highest BCUT2D eigenvalue weighted by molar-refractivity contribution is 7.92. The molecule has 0 bridgehead atoms. The fraction of sp³-hybridized carbons (Fsp3) is 0.412. The molecule has 2 amide bonds. The average Bonchev–Trinajstić information content (AvgIpc) is 3.06. The lowest BCUT2D eigenvalue weighted by atomic mass is 9.95. The van der Waals surface area contributed by atoms with Crippen molar-refractivity contribution in [2.45, 2.75) is 69.5 Å². The third-order valence-electron chi connectivity index (χ3n) is 7.97. The largest absolute Gasteiger partial charge is 0.494 e. The lowest BCUT2D eigenvalue weighted by molar-refractivity contribution is -0.139. The van der Waals surface area contributed by atoms with Crippen molar-refractivity contribution in [3.05, 3.63) is 78.4 Å². The molecule has 1 aliphatic carbocycles. The van der Waals surface area contributed by atoms with Gasteiger partial charge in [0.1, 0.15) is 18.3 Å². The highest BCUT2D eigenvalue weighted by atomic mass is 32.2. The van der Waals surface area contributed by atoms with Crippen LogP contribution in [-0.4, -0.2) is 64.6 Å². The molecule has 1 aliphatic rings. The van der Waals surface area contributed by atoms with Crippen LogP contribution in [0.1, 0.15) is 51.5 Å². The number of ether oxygens (including phenoxy) is 3. The number of benzene rings is 3. The molecular weight excluding hydrogens is 594 g/mol. The number of carbonyl (C=O) groups excluding carboxylic acids is 2. The number of sulfonamides is 1. The number of rotatable bonds is 14. The van der Waals surface area contributed by atoms with Crippen LogP contribution in [0.2, 0.25) is 0 Å². The Hall–Kier alpha value is -4.25. The summed E-state index contributed by atoms with van der Waals surface area (Å²) in [7, 11) is -1.42. The first-order chi connectivity index (χ1) is 21.7. The van der Waals surface area contributed by atoms with Gasteiger partial charge in [0, 0.05) is 18.7 Å². The van der Waals surface area contributed by atoms with E-state index < -0.39 is 28.5 Å². The second-order valence-corrected chi connectivity index (χ2v) is 12.8. The van der Waals surface area contributed by atoms with E-state index in [9.17, 15) is 18.0 Å². The van der Waals surface area contributed by atoms with Crippen LogP contribution in [-0.2, 0) is 26.2 Å². The molecule has 0 saturated heterocycles. The van der Waals surface area contributed by atoms with E-state index in [2.05, 4.69) is 5.32 Å². The SMILES string of the molecule is CCOc1ccc(N(CC(=O)N(Cc2ccccc2)[C@H](C)C(=O)NC2CCCCC2)S(=O)(=O)c2ccc(OC)c(OC)c2)cc1. The maximum absolute atomic E-state index is 14.2. The Kier molecular flexibility index (Phi) is 11.7. The van der Waals surface area contributed by atoms with Gasteiger partial charge in [-0.1, -0.05) is 49.6 Å². The topological polar surface area (TPSA) is 114 Å². The van der Waals surface area contributed by atoms with E-state index >= 15 is 0 Å². The van der Waals surface area contributed by atoms with Crippen molar-refractivity contribution in [2.24, 2.45) is 0 Å². The summed E-state index contributed by atoms with van der Waals surface area (Å²) in [4.78, 5) is 29.0. The molecule has 0 unspecified atom stereocenters. The van der Waals surface area contributed by atoms with Crippen LogP contribution in [0.25, 0.3) is 0 Å². The van der Waals surface area contributed by atoms with Crippen molar-refractivity contribution in [1.29, 1.82) is 0 Å². The lowest BCUT2D eigenvalue weighted by Crippen LogP contribution is -2.53. The summed E-state index contributed by atoms with van der Waals surface area (Å²) in [6, 6.07) is 19.3. The summed E-state index contributed by atoms with van der Waals surface area (Å²) >= 11 is 0. The summed E-state index contributed by atoms with van der Waals surface area (Å²) in [5, 5.41) is 3.12. The molecule has 10 nitrogen and oxygen atoms in total. The van der Waals surface area contributed by atoms with E-state index in [0.29, 0.717) is 18.1 Å². The van der Waals surface area contributed by atoms with Gasteiger partial charge < -0.3 is 24.4 Å². The Morgan fingerprint density at radius 3 is 2.20 bits per heavy atom. The zero-order valence-corrected chi connectivity index (χ0v) is 27.2. The molecule has 1 N–H and O–H groups in total. The van der Waals surface area contributed by atoms with Gasteiger partial charge in [-0.3, -0.25) is 13.9 Å². The van der Waals surface area contributed by atoms with Crippen LogP contribution in [0.4, 0.5) is 5.69 Å². The monoisotopic (exact) mass is 637 g/mol. The number of nitrogens with zero attached hydrogens (tertiary/aromatic N) is 2. The van der Waals surface area contributed by atoms with Gasteiger partial charge in [-0.2, -0.15) is 0 Å². The Bertz CT molecular complexity index is 1530. The van der Waals surface area contributed by atoms with Gasteiger partial charge in [-0.05, 0) is 68.7 Å². The maximum atomic E-state index is 14.2. The first kappa shape index (κ1) is 33.6. The predicted molar refractivity (Wildman–Crippen MR) is 173 cm³/mol. The normalized spacial score (nSPS) is 14.2. The summed E-state index contributed by atoms with van der Waals surface area (Å²) < 4.78 is 45.7. The Morgan fingerprint density at radius 2 is 1.58 bits per heavy atom. The zero-order valence-electron chi connectivity index (χ0n) is 26.4. The van der Waals surface area contributed by atoms with Crippen LogP contribution < -0.4 is 23.8 Å². The van der Waals surface area contributed by atoms with E-state index in [0.717, 1.165) is 42.0 Å². The fourth-order valence-corrected chi connectivity index (χ4v) is 6.87. The predicted octanol–water partition coefficient (Wildman–Crippen LogP) is 5.16. The second-order valence-electron chi connectivity index (χ2n) is 11.0. The lowest BCUT2D eigenvalue weighted by Gasteiger charge is -2.33. The van der Waals surface area contributed by atoms with E-state index in [1.54, 1.807) is 31.2 Å². The molecular formula is C34H43N3O7S. The molecule has 0 aliphatic heterocycles. The van der Waals surface area contributed by atoms with Crippen molar-refractivity contribution in [3.63, 3.8) is 0 Å². The van der Waals surface area contributed by atoms with Crippen molar-refractivity contribution < 1.29 is 32.2 Å². The van der Waals surface area contributed by atoms with Crippen molar-refractivity contribution >= 4 is 27.5 Å². The smallest absolute Gasteiger partial charge is 0.264 e. The Balaban J connectivity index is 1.70. The first-order valence-electron chi connectivity index (χ1n) is 15.3. The fourth-order valence-electron chi connectivity index (χ4n) is 5.44. The molecule has 3 aromatic rings. The summed E-state index contributed by atoms with van der Waals surface area (Å²) in [5.74, 6) is 0.376. The van der Waals surface area contributed by atoms with Gasteiger partial charge in [0.05, 0.1) is 31.4 Å². The van der Waals surface area contributed by atoms with Gasteiger partial charge in [0.2, 0.25) is 11.8 Å². The van der Waals surface area contributed by atoms with Gasteiger partial charge >= 0.3 is 0 Å². The minimum atomic E-state index is -4.30. The number of anilines is 1. The van der Waals surface area contributed by atoms with Gasteiger partial charge in [-0.15, -0.1) is 0 Å². The number of carbonyl (C=O) groups is 2. The number of nitrogens with one attached hydrogen (secondary N) is 1. The van der Waals surface area contributed by atoms with Gasteiger partial charge in [-0.25, -0.2) is 8.42 Å².